The average Bonchev–Trinajstić information content (AvgIpc) is 2.32. The number of halogens is 3. The van der Waals surface area contributed by atoms with Crippen LogP contribution in [0.25, 0.3) is 0 Å². The van der Waals surface area contributed by atoms with E-state index in [1.807, 2.05) is 6.92 Å². The van der Waals surface area contributed by atoms with E-state index < -0.39 is 11.0 Å². The molecule has 0 aliphatic carbocycles. The Bertz CT molecular complexity index is 412. The van der Waals surface area contributed by atoms with Crippen LogP contribution < -0.4 is 4.74 Å². The van der Waals surface area contributed by atoms with E-state index >= 15 is 0 Å². The smallest absolute Gasteiger partial charge is 0.358 e. The molecule has 0 aliphatic rings. The first-order valence-electron chi connectivity index (χ1n) is 5.47. The van der Waals surface area contributed by atoms with Crippen molar-refractivity contribution in [2.24, 2.45) is 0 Å². The minimum atomic E-state index is -0.881. The van der Waals surface area contributed by atoms with Crippen molar-refractivity contribution >= 4 is 45.1 Å². The highest BCUT2D eigenvalue weighted by Crippen LogP contribution is 2.29. The number of unbranched alkanes of at least 4 members (excludes halogenated alkanes) is 1. The van der Waals surface area contributed by atoms with E-state index in [4.69, 9.17) is 32.7 Å². The van der Waals surface area contributed by atoms with Crippen molar-refractivity contribution < 1.29 is 14.3 Å². The van der Waals surface area contributed by atoms with Gasteiger partial charge in [0.25, 0.3) is 0 Å². The van der Waals surface area contributed by atoms with Gasteiger partial charge in [-0.2, -0.15) is 0 Å². The van der Waals surface area contributed by atoms with Gasteiger partial charge in [-0.1, -0.05) is 36.5 Å². The highest BCUT2D eigenvalue weighted by molar-refractivity contribution is 9.09. The molecule has 0 aromatic heterocycles. The van der Waals surface area contributed by atoms with Crippen LogP contribution in [0.1, 0.15) is 19.8 Å². The van der Waals surface area contributed by atoms with Gasteiger partial charge in [-0.05, 0) is 40.5 Å². The number of benzene rings is 1. The molecule has 0 radical (unpaired) electrons. The molecule has 0 fully saturated rings. The molecule has 1 rings (SSSR count). The molecule has 0 spiro atoms. The first-order chi connectivity index (χ1) is 8.54. The van der Waals surface area contributed by atoms with Gasteiger partial charge in [-0.25, -0.2) is 4.79 Å². The third-order valence-corrected chi connectivity index (χ3v) is 3.14. The predicted octanol–water partition coefficient (Wildman–Crippen LogP) is 4.44. The number of hydrogen-bond acceptors (Lipinski definition) is 3. The Kier molecular flexibility index (Phi) is 6.82. The molecule has 3 nitrogen and oxygen atoms in total. The van der Waals surface area contributed by atoms with Gasteiger partial charge < -0.3 is 9.47 Å². The Morgan fingerprint density at radius 3 is 2.78 bits per heavy atom. The highest BCUT2D eigenvalue weighted by Gasteiger charge is 2.19. The maximum Gasteiger partial charge on any atom is 0.358 e. The van der Waals surface area contributed by atoms with Crippen molar-refractivity contribution in [3.63, 3.8) is 0 Å². The van der Waals surface area contributed by atoms with Gasteiger partial charge in [0, 0.05) is 5.02 Å². The van der Waals surface area contributed by atoms with E-state index in [1.165, 1.54) is 0 Å². The third kappa shape index (κ3) is 5.04. The van der Waals surface area contributed by atoms with Gasteiger partial charge in [0.05, 0.1) is 11.6 Å². The highest BCUT2D eigenvalue weighted by atomic mass is 79.9. The molecule has 6 heteroatoms. The lowest BCUT2D eigenvalue weighted by molar-refractivity contribution is -0.147. The second-order valence-corrected chi connectivity index (χ2v) is 5.20. The summed E-state index contributed by atoms with van der Waals surface area (Å²) in [5.74, 6) is -0.107. The van der Waals surface area contributed by atoms with Crippen LogP contribution in [0, 0.1) is 0 Å². The lowest BCUT2D eigenvalue weighted by Crippen LogP contribution is -2.23. The van der Waals surface area contributed by atoms with Gasteiger partial charge in [0.2, 0.25) is 5.01 Å². The van der Waals surface area contributed by atoms with E-state index in [2.05, 4.69) is 15.9 Å². The van der Waals surface area contributed by atoms with Crippen molar-refractivity contribution in [2.75, 3.05) is 6.61 Å². The fraction of sp³-hybridized carbons (Fsp3) is 0.417. The molecule has 0 saturated heterocycles. The largest absolute Gasteiger partial charge is 0.466 e. The summed E-state index contributed by atoms with van der Waals surface area (Å²) in [5, 5.41) is -0.0367. The third-order valence-electron chi connectivity index (χ3n) is 2.05. The van der Waals surface area contributed by atoms with E-state index in [9.17, 15) is 4.79 Å². The zero-order valence-corrected chi connectivity index (χ0v) is 12.9. The van der Waals surface area contributed by atoms with Gasteiger partial charge in [-0.15, -0.1) is 0 Å². The molecule has 0 aliphatic heterocycles. The molecule has 0 N–H and O–H groups in total. The number of hydrogen-bond donors (Lipinski definition) is 0. The molecule has 0 amide bonds. The summed E-state index contributed by atoms with van der Waals surface area (Å²) in [4.78, 5) is 11.5. The first-order valence-corrected chi connectivity index (χ1v) is 7.14. The number of ether oxygens (including phenoxy) is 2. The minimum Gasteiger partial charge on any atom is -0.466 e. The Morgan fingerprint density at radius 1 is 1.44 bits per heavy atom. The second kappa shape index (κ2) is 7.87. The van der Waals surface area contributed by atoms with E-state index in [0.29, 0.717) is 22.4 Å². The summed E-state index contributed by atoms with van der Waals surface area (Å²) in [7, 11) is 0. The van der Waals surface area contributed by atoms with Crippen molar-refractivity contribution in [3.8, 4) is 5.75 Å². The SMILES string of the molecule is CCCCOC(=O)C(Br)Oc1ccc(Cl)cc1Cl. The summed E-state index contributed by atoms with van der Waals surface area (Å²) < 4.78 is 10.3. The van der Waals surface area contributed by atoms with Crippen LogP contribution in [0.15, 0.2) is 18.2 Å². The summed E-state index contributed by atoms with van der Waals surface area (Å²) in [6.07, 6.45) is 1.79. The monoisotopic (exact) mass is 354 g/mol. The maximum absolute atomic E-state index is 11.5. The lowest BCUT2D eigenvalue weighted by Gasteiger charge is -2.13. The molecule has 0 heterocycles. The molecule has 100 valence electrons. The van der Waals surface area contributed by atoms with Gasteiger partial charge in [0.1, 0.15) is 5.75 Å². The summed E-state index contributed by atoms with van der Waals surface area (Å²) in [6, 6.07) is 4.77. The fourth-order valence-corrected chi connectivity index (χ4v) is 1.90. The number of alkyl halides is 1. The van der Waals surface area contributed by atoms with E-state index in [0.717, 1.165) is 12.8 Å². The van der Waals surface area contributed by atoms with Crippen LogP contribution in [-0.2, 0) is 9.53 Å². The molecule has 0 bridgehead atoms. The Balaban J connectivity index is 2.53. The number of rotatable bonds is 6. The summed E-state index contributed by atoms with van der Waals surface area (Å²) in [5.41, 5.74) is 0. The first kappa shape index (κ1) is 15.6. The number of carbonyl (C=O) groups is 1. The molecule has 1 aromatic carbocycles. The molecule has 1 unspecified atom stereocenters. The van der Waals surface area contributed by atoms with Crippen LogP contribution in [0.4, 0.5) is 0 Å². The van der Waals surface area contributed by atoms with Crippen LogP contribution >= 0.6 is 39.1 Å². The molecule has 1 atom stereocenters. The number of esters is 1. The van der Waals surface area contributed by atoms with Crippen LogP contribution in [0.2, 0.25) is 10.0 Å². The molecule has 18 heavy (non-hydrogen) atoms. The van der Waals surface area contributed by atoms with Gasteiger partial charge in [0.15, 0.2) is 0 Å². The lowest BCUT2D eigenvalue weighted by atomic mass is 10.3. The molecule has 1 aromatic rings. The molecular weight excluding hydrogens is 343 g/mol. The molecule has 0 saturated carbocycles. The predicted molar refractivity (Wildman–Crippen MR) is 75.7 cm³/mol. The summed E-state index contributed by atoms with van der Waals surface area (Å²) >= 11 is 14.8. The summed E-state index contributed by atoms with van der Waals surface area (Å²) in [6.45, 7) is 2.40. The van der Waals surface area contributed by atoms with Crippen molar-refractivity contribution in [2.45, 2.75) is 24.8 Å². The van der Waals surface area contributed by atoms with Crippen LogP contribution in [0.3, 0.4) is 0 Å². The van der Waals surface area contributed by atoms with Crippen molar-refractivity contribution in [1.82, 2.24) is 0 Å². The van der Waals surface area contributed by atoms with E-state index in [1.54, 1.807) is 18.2 Å². The zero-order valence-electron chi connectivity index (χ0n) is 9.79. The van der Waals surface area contributed by atoms with Gasteiger partial charge >= 0.3 is 5.97 Å². The van der Waals surface area contributed by atoms with Crippen molar-refractivity contribution in [3.05, 3.63) is 28.2 Å². The molecular formula is C12H13BrCl2O3. The standard InChI is InChI=1S/C12H13BrCl2O3/c1-2-3-6-17-12(16)11(13)18-10-5-4-8(14)7-9(10)15/h4-5,7,11H,2-3,6H2,1H3. The van der Waals surface area contributed by atoms with Crippen molar-refractivity contribution in [1.29, 1.82) is 0 Å². The number of carbonyl (C=O) groups excluding carboxylic acids is 1. The Hall–Kier alpha value is -0.450. The van der Waals surface area contributed by atoms with Crippen LogP contribution in [-0.4, -0.2) is 17.6 Å². The average molecular weight is 356 g/mol. The topological polar surface area (TPSA) is 35.5 Å². The van der Waals surface area contributed by atoms with Gasteiger partial charge in [-0.3, -0.25) is 0 Å². The Labute approximate surface area is 124 Å². The Morgan fingerprint density at radius 2 is 2.17 bits per heavy atom. The normalized spacial score (nSPS) is 12.0. The quantitative estimate of drug-likeness (QED) is 0.430. The van der Waals surface area contributed by atoms with E-state index in [-0.39, 0.29) is 0 Å². The second-order valence-electron chi connectivity index (χ2n) is 3.53. The zero-order chi connectivity index (χ0) is 13.5. The maximum atomic E-state index is 11.5. The minimum absolute atomic E-state index is 0.341. The fourth-order valence-electron chi connectivity index (χ4n) is 1.11. The van der Waals surface area contributed by atoms with Crippen LogP contribution in [0.5, 0.6) is 5.75 Å².